The zero-order chi connectivity index (χ0) is 13.1. The summed E-state index contributed by atoms with van der Waals surface area (Å²) in [4.78, 5) is 7.00. The minimum atomic E-state index is 0.500. The van der Waals surface area contributed by atoms with E-state index >= 15 is 0 Å². The van der Waals surface area contributed by atoms with Crippen LogP contribution < -0.4 is 5.32 Å². The fourth-order valence-electron chi connectivity index (χ4n) is 3.07. The van der Waals surface area contributed by atoms with Gasteiger partial charge in [0, 0.05) is 32.1 Å². The van der Waals surface area contributed by atoms with Gasteiger partial charge in [-0.3, -0.25) is 4.90 Å². The maximum absolute atomic E-state index is 5.48. The molecule has 3 rings (SSSR count). The largest absolute Gasteiger partial charge is 0.339 e. The van der Waals surface area contributed by atoms with Crippen LogP contribution in [0.2, 0.25) is 0 Å². The summed E-state index contributed by atoms with van der Waals surface area (Å²) in [6.45, 7) is 7.43. The molecular weight excluding hydrogens is 240 g/mol. The molecule has 0 amide bonds. The van der Waals surface area contributed by atoms with Gasteiger partial charge in [-0.15, -0.1) is 0 Å². The van der Waals surface area contributed by atoms with Crippen molar-refractivity contribution in [2.75, 3.05) is 26.2 Å². The van der Waals surface area contributed by atoms with Gasteiger partial charge in [-0.25, -0.2) is 0 Å². The highest BCUT2D eigenvalue weighted by Crippen LogP contribution is 2.34. The van der Waals surface area contributed by atoms with E-state index in [9.17, 15) is 0 Å². The molecule has 1 aromatic rings. The van der Waals surface area contributed by atoms with Crippen molar-refractivity contribution in [2.45, 2.75) is 45.1 Å². The summed E-state index contributed by atoms with van der Waals surface area (Å²) in [5.74, 6) is 3.09. The Morgan fingerprint density at radius 2 is 1.95 bits per heavy atom. The fraction of sp³-hybridized carbons (Fsp3) is 0.857. The van der Waals surface area contributed by atoms with E-state index in [1.165, 1.54) is 25.7 Å². The highest BCUT2D eigenvalue weighted by atomic mass is 16.5. The Hall–Kier alpha value is -0.940. The maximum Gasteiger partial charge on any atom is 0.229 e. The van der Waals surface area contributed by atoms with Crippen LogP contribution in [-0.2, 0) is 6.54 Å². The molecule has 1 aliphatic heterocycles. The predicted molar refractivity (Wildman–Crippen MR) is 72.8 cm³/mol. The Bertz CT molecular complexity index is 392. The minimum absolute atomic E-state index is 0.500. The molecule has 5 nitrogen and oxygen atoms in total. The van der Waals surface area contributed by atoms with Gasteiger partial charge in [0.25, 0.3) is 0 Å². The first-order chi connectivity index (χ1) is 9.31. The second kappa shape index (κ2) is 6.01. The molecule has 2 heterocycles. The summed E-state index contributed by atoms with van der Waals surface area (Å²) in [5.41, 5.74) is 0. The first kappa shape index (κ1) is 13.1. The number of nitrogens with one attached hydrogen (secondary N) is 1. The lowest BCUT2D eigenvalue weighted by molar-refractivity contribution is 0.224. The quantitative estimate of drug-likeness (QED) is 0.901. The van der Waals surface area contributed by atoms with Crippen molar-refractivity contribution in [3.05, 3.63) is 11.7 Å². The number of hydrogen-bond donors (Lipinski definition) is 1. The zero-order valence-electron chi connectivity index (χ0n) is 11.8. The SMILES string of the molecule is CC1CCC(c2nc(CN3CCNCC3)no2)CC1. The van der Waals surface area contributed by atoms with Crippen LogP contribution in [0.1, 0.15) is 50.2 Å². The van der Waals surface area contributed by atoms with Crippen molar-refractivity contribution < 1.29 is 4.52 Å². The van der Waals surface area contributed by atoms with E-state index in [0.717, 1.165) is 50.4 Å². The van der Waals surface area contributed by atoms with Crippen molar-refractivity contribution in [1.29, 1.82) is 0 Å². The molecule has 1 saturated carbocycles. The summed E-state index contributed by atoms with van der Waals surface area (Å²) in [7, 11) is 0. The Balaban J connectivity index is 1.56. The highest BCUT2D eigenvalue weighted by Gasteiger charge is 2.25. The topological polar surface area (TPSA) is 54.2 Å². The van der Waals surface area contributed by atoms with Gasteiger partial charge in [-0.05, 0) is 31.6 Å². The molecule has 0 bridgehead atoms. The molecule has 1 aliphatic carbocycles. The van der Waals surface area contributed by atoms with Crippen molar-refractivity contribution in [3.8, 4) is 0 Å². The molecule has 106 valence electrons. The highest BCUT2D eigenvalue weighted by molar-refractivity contribution is 4.96. The molecule has 0 aromatic carbocycles. The van der Waals surface area contributed by atoms with E-state index in [1.807, 2.05) is 0 Å². The lowest BCUT2D eigenvalue weighted by Crippen LogP contribution is -2.43. The van der Waals surface area contributed by atoms with E-state index in [0.29, 0.717) is 5.92 Å². The van der Waals surface area contributed by atoms with Crippen LogP contribution in [0, 0.1) is 5.92 Å². The molecule has 5 heteroatoms. The van der Waals surface area contributed by atoms with Crippen LogP contribution in [0.25, 0.3) is 0 Å². The molecule has 1 N–H and O–H groups in total. The van der Waals surface area contributed by atoms with Crippen molar-refractivity contribution in [2.24, 2.45) is 5.92 Å². The molecule has 0 atom stereocenters. The normalized spacial score (nSPS) is 29.5. The van der Waals surface area contributed by atoms with Crippen LogP contribution in [0.5, 0.6) is 0 Å². The Morgan fingerprint density at radius 3 is 2.68 bits per heavy atom. The summed E-state index contributed by atoms with van der Waals surface area (Å²) < 4.78 is 5.48. The summed E-state index contributed by atoms with van der Waals surface area (Å²) in [6.07, 6.45) is 4.99. The van der Waals surface area contributed by atoms with E-state index in [4.69, 9.17) is 4.52 Å². The monoisotopic (exact) mass is 264 g/mol. The van der Waals surface area contributed by atoms with Gasteiger partial charge in [-0.1, -0.05) is 12.1 Å². The van der Waals surface area contributed by atoms with Crippen molar-refractivity contribution >= 4 is 0 Å². The van der Waals surface area contributed by atoms with E-state index in [1.54, 1.807) is 0 Å². The minimum Gasteiger partial charge on any atom is -0.339 e. The Morgan fingerprint density at radius 1 is 1.21 bits per heavy atom. The van der Waals surface area contributed by atoms with Gasteiger partial charge in [-0.2, -0.15) is 4.98 Å². The third-order valence-electron chi connectivity index (χ3n) is 4.42. The summed E-state index contributed by atoms with van der Waals surface area (Å²) in [5, 5.41) is 7.51. The number of aromatic nitrogens is 2. The molecule has 19 heavy (non-hydrogen) atoms. The van der Waals surface area contributed by atoms with Gasteiger partial charge in [0.1, 0.15) is 0 Å². The first-order valence-corrected chi connectivity index (χ1v) is 7.57. The Labute approximate surface area is 114 Å². The van der Waals surface area contributed by atoms with E-state index in [-0.39, 0.29) is 0 Å². The van der Waals surface area contributed by atoms with Crippen LogP contribution in [0.3, 0.4) is 0 Å². The average molecular weight is 264 g/mol. The fourth-order valence-corrected chi connectivity index (χ4v) is 3.07. The lowest BCUT2D eigenvalue weighted by atomic mass is 9.83. The first-order valence-electron chi connectivity index (χ1n) is 7.57. The molecule has 0 radical (unpaired) electrons. The van der Waals surface area contributed by atoms with Gasteiger partial charge < -0.3 is 9.84 Å². The van der Waals surface area contributed by atoms with Crippen LogP contribution in [-0.4, -0.2) is 41.2 Å². The van der Waals surface area contributed by atoms with Crippen molar-refractivity contribution in [1.82, 2.24) is 20.4 Å². The standard InChI is InChI=1S/C14H24N4O/c1-11-2-4-12(5-3-11)14-16-13(17-19-14)10-18-8-6-15-7-9-18/h11-12,15H,2-10H2,1H3. The third-order valence-corrected chi connectivity index (χ3v) is 4.42. The average Bonchev–Trinajstić information content (AvgIpc) is 2.89. The third kappa shape index (κ3) is 3.34. The number of rotatable bonds is 3. The van der Waals surface area contributed by atoms with Gasteiger partial charge in [0.15, 0.2) is 5.82 Å². The summed E-state index contributed by atoms with van der Waals surface area (Å²) in [6, 6.07) is 0. The van der Waals surface area contributed by atoms with E-state index < -0.39 is 0 Å². The maximum atomic E-state index is 5.48. The molecule has 1 saturated heterocycles. The molecule has 1 aromatic heterocycles. The molecule has 2 aliphatic rings. The Kier molecular flexibility index (Phi) is 4.13. The van der Waals surface area contributed by atoms with Gasteiger partial charge in [0.2, 0.25) is 5.89 Å². The number of piperazine rings is 1. The molecule has 2 fully saturated rings. The lowest BCUT2D eigenvalue weighted by Gasteiger charge is -2.25. The van der Waals surface area contributed by atoms with Crippen molar-refractivity contribution in [3.63, 3.8) is 0 Å². The number of hydrogen-bond acceptors (Lipinski definition) is 5. The zero-order valence-corrected chi connectivity index (χ0v) is 11.8. The van der Waals surface area contributed by atoms with Crippen LogP contribution in [0.4, 0.5) is 0 Å². The van der Waals surface area contributed by atoms with E-state index in [2.05, 4.69) is 27.3 Å². The molecular formula is C14H24N4O. The van der Waals surface area contributed by atoms with Crippen LogP contribution >= 0.6 is 0 Å². The van der Waals surface area contributed by atoms with Crippen LogP contribution in [0.15, 0.2) is 4.52 Å². The van der Waals surface area contributed by atoms with Gasteiger partial charge >= 0.3 is 0 Å². The van der Waals surface area contributed by atoms with Gasteiger partial charge in [0.05, 0.1) is 6.54 Å². The molecule has 0 spiro atoms. The smallest absolute Gasteiger partial charge is 0.229 e. The predicted octanol–water partition coefficient (Wildman–Crippen LogP) is 1.77. The second-order valence-electron chi connectivity index (χ2n) is 6.03. The second-order valence-corrected chi connectivity index (χ2v) is 6.03. The summed E-state index contributed by atoms with van der Waals surface area (Å²) >= 11 is 0. The number of nitrogens with zero attached hydrogens (tertiary/aromatic N) is 3. The molecule has 0 unspecified atom stereocenters.